The minimum absolute atomic E-state index is 0.0491. The zero-order valence-corrected chi connectivity index (χ0v) is 17.4. The van der Waals surface area contributed by atoms with E-state index in [9.17, 15) is 9.59 Å². The van der Waals surface area contributed by atoms with Gasteiger partial charge >= 0.3 is 0 Å². The van der Waals surface area contributed by atoms with Crippen LogP contribution in [0.25, 0.3) is 11.0 Å². The Morgan fingerprint density at radius 3 is 2.59 bits per heavy atom. The zero-order valence-electron chi connectivity index (χ0n) is 17.4. The molecule has 1 aliphatic heterocycles. The van der Waals surface area contributed by atoms with E-state index in [2.05, 4.69) is 11.6 Å². The van der Waals surface area contributed by atoms with Crippen molar-refractivity contribution < 1.29 is 13.9 Å². The van der Waals surface area contributed by atoms with Gasteiger partial charge in [-0.2, -0.15) is 0 Å². The number of anilines is 1. The molecule has 3 heterocycles. The van der Waals surface area contributed by atoms with E-state index >= 15 is 0 Å². The van der Waals surface area contributed by atoms with Gasteiger partial charge in [0.15, 0.2) is 5.43 Å². The van der Waals surface area contributed by atoms with Crippen LogP contribution in [0.5, 0.6) is 5.75 Å². The molecule has 2 aromatic carbocycles. The number of rotatable bonds is 5. The van der Waals surface area contributed by atoms with Gasteiger partial charge in [-0.15, -0.1) is 0 Å². The maximum Gasteiger partial charge on any atom is 0.296 e. The summed E-state index contributed by atoms with van der Waals surface area (Å²) in [5.41, 5.74) is 2.21. The van der Waals surface area contributed by atoms with E-state index in [0.717, 1.165) is 11.1 Å². The summed E-state index contributed by atoms with van der Waals surface area (Å²) in [6, 6.07) is 17.3. The fraction of sp³-hybridized carbons (Fsp3) is 0.115. The molecule has 5 rings (SSSR count). The first-order valence-corrected chi connectivity index (χ1v) is 10.2. The van der Waals surface area contributed by atoms with Crippen LogP contribution in [0.4, 0.5) is 5.82 Å². The smallest absolute Gasteiger partial charge is 0.296 e. The fourth-order valence-corrected chi connectivity index (χ4v) is 3.98. The average Bonchev–Trinajstić information content (AvgIpc) is 3.11. The number of ether oxygens (including phenoxy) is 1. The van der Waals surface area contributed by atoms with E-state index in [0.29, 0.717) is 34.7 Å². The Hall–Kier alpha value is -4.19. The van der Waals surface area contributed by atoms with Gasteiger partial charge in [-0.05, 0) is 48.4 Å². The molecule has 6 nitrogen and oxygen atoms in total. The van der Waals surface area contributed by atoms with Crippen molar-refractivity contribution in [2.24, 2.45) is 0 Å². The molecule has 1 atom stereocenters. The van der Waals surface area contributed by atoms with E-state index < -0.39 is 11.9 Å². The lowest BCUT2D eigenvalue weighted by Gasteiger charge is -2.24. The Kier molecular flexibility index (Phi) is 4.82. The summed E-state index contributed by atoms with van der Waals surface area (Å²) in [7, 11) is 0. The highest BCUT2D eigenvalue weighted by Crippen LogP contribution is 2.40. The molecule has 0 N–H and O–H groups in total. The maximum atomic E-state index is 13.5. The molecule has 2 aromatic heterocycles. The number of aromatic nitrogens is 1. The van der Waals surface area contributed by atoms with Gasteiger partial charge in [-0.3, -0.25) is 14.5 Å². The molecular formula is C26H20N2O4. The predicted octanol–water partition coefficient (Wildman–Crippen LogP) is 4.81. The van der Waals surface area contributed by atoms with Crippen molar-refractivity contribution in [3.63, 3.8) is 0 Å². The van der Waals surface area contributed by atoms with Crippen LogP contribution in [0.2, 0.25) is 0 Å². The summed E-state index contributed by atoms with van der Waals surface area (Å²) in [5, 5.41) is 0.439. The van der Waals surface area contributed by atoms with E-state index in [-0.39, 0.29) is 11.2 Å². The Balaban J connectivity index is 1.71. The van der Waals surface area contributed by atoms with Crippen molar-refractivity contribution in [1.29, 1.82) is 0 Å². The maximum absolute atomic E-state index is 13.5. The van der Waals surface area contributed by atoms with Gasteiger partial charge in [0, 0.05) is 6.20 Å². The van der Waals surface area contributed by atoms with Gasteiger partial charge in [0.1, 0.15) is 23.8 Å². The Labute approximate surface area is 184 Å². The molecule has 0 saturated carbocycles. The fourth-order valence-electron chi connectivity index (χ4n) is 3.98. The van der Waals surface area contributed by atoms with E-state index in [1.54, 1.807) is 42.6 Å². The average molecular weight is 424 g/mol. The van der Waals surface area contributed by atoms with Crippen molar-refractivity contribution in [2.45, 2.75) is 13.0 Å². The number of hydrogen-bond donors (Lipinski definition) is 0. The highest BCUT2D eigenvalue weighted by Gasteiger charge is 2.44. The molecule has 1 aliphatic rings. The van der Waals surface area contributed by atoms with Gasteiger partial charge in [0.25, 0.3) is 5.91 Å². The SMILES string of the molecule is C=CCOc1ccc(C2c3c(oc4ccccc4c3=O)C(=O)N2c2ccc(C)cn2)cc1. The lowest BCUT2D eigenvalue weighted by Crippen LogP contribution is -2.30. The number of nitrogens with zero attached hydrogens (tertiary/aromatic N) is 2. The minimum atomic E-state index is -0.665. The van der Waals surface area contributed by atoms with E-state index in [1.807, 2.05) is 37.3 Å². The van der Waals surface area contributed by atoms with Crippen LogP contribution in [0.15, 0.2) is 88.7 Å². The Morgan fingerprint density at radius 2 is 1.88 bits per heavy atom. The largest absolute Gasteiger partial charge is 0.490 e. The summed E-state index contributed by atoms with van der Waals surface area (Å²) in [5.74, 6) is 0.778. The van der Waals surface area contributed by atoms with Gasteiger partial charge in [0.05, 0.1) is 17.0 Å². The summed E-state index contributed by atoms with van der Waals surface area (Å²) in [4.78, 5) is 33.0. The topological polar surface area (TPSA) is 72.6 Å². The number of benzene rings is 2. The molecule has 32 heavy (non-hydrogen) atoms. The van der Waals surface area contributed by atoms with E-state index in [4.69, 9.17) is 9.15 Å². The lowest BCUT2D eigenvalue weighted by atomic mass is 9.98. The quantitative estimate of drug-likeness (QED) is 0.430. The Bertz CT molecular complexity index is 1390. The molecule has 6 heteroatoms. The van der Waals surface area contributed by atoms with Crippen LogP contribution in [-0.2, 0) is 0 Å². The molecule has 0 spiro atoms. The number of hydrogen-bond acceptors (Lipinski definition) is 5. The first kappa shape index (κ1) is 19.8. The van der Waals surface area contributed by atoms with Crippen LogP contribution in [0, 0.1) is 6.92 Å². The van der Waals surface area contributed by atoms with Gasteiger partial charge < -0.3 is 9.15 Å². The highest BCUT2D eigenvalue weighted by molar-refractivity contribution is 6.10. The van der Waals surface area contributed by atoms with Crippen LogP contribution in [0.1, 0.15) is 33.3 Å². The molecule has 0 radical (unpaired) electrons. The minimum Gasteiger partial charge on any atom is -0.490 e. The van der Waals surface area contributed by atoms with Crippen molar-refractivity contribution in [3.05, 3.63) is 112 Å². The second-order valence-corrected chi connectivity index (χ2v) is 7.61. The third kappa shape index (κ3) is 3.17. The monoisotopic (exact) mass is 424 g/mol. The molecule has 158 valence electrons. The lowest BCUT2D eigenvalue weighted by molar-refractivity contribution is 0.0970. The molecule has 4 aromatic rings. The summed E-state index contributed by atoms with van der Waals surface area (Å²) in [6.07, 6.45) is 3.36. The second kappa shape index (κ2) is 7.81. The molecule has 0 fully saturated rings. The van der Waals surface area contributed by atoms with Crippen LogP contribution in [-0.4, -0.2) is 17.5 Å². The summed E-state index contributed by atoms with van der Waals surface area (Å²) >= 11 is 0. The summed E-state index contributed by atoms with van der Waals surface area (Å²) < 4.78 is 11.5. The number of para-hydroxylation sites is 1. The van der Waals surface area contributed by atoms with Gasteiger partial charge in [-0.1, -0.05) is 43.0 Å². The first-order valence-electron chi connectivity index (χ1n) is 10.2. The van der Waals surface area contributed by atoms with Crippen molar-refractivity contribution in [3.8, 4) is 5.75 Å². The number of carbonyl (C=O) groups excluding carboxylic acids is 1. The molecule has 0 aliphatic carbocycles. The molecule has 0 saturated heterocycles. The third-order valence-electron chi connectivity index (χ3n) is 5.48. The number of carbonyl (C=O) groups is 1. The second-order valence-electron chi connectivity index (χ2n) is 7.61. The Morgan fingerprint density at radius 1 is 1.09 bits per heavy atom. The van der Waals surface area contributed by atoms with Crippen LogP contribution < -0.4 is 15.1 Å². The molecule has 1 unspecified atom stereocenters. The highest BCUT2D eigenvalue weighted by atomic mass is 16.5. The van der Waals surface area contributed by atoms with Gasteiger partial charge in [-0.25, -0.2) is 4.98 Å². The number of fused-ring (bicyclic) bond motifs is 2. The number of aryl methyl sites for hydroxylation is 1. The van der Waals surface area contributed by atoms with Crippen LogP contribution in [0.3, 0.4) is 0 Å². The molecule has 1 amide bonds. The molecular weight excluding hydrogens is 404 g/mol. The molecule has 0 bridgehead atoms. The normalized spacial score (nSPS) is 15.1. The zero-order chi connectivity index (χ0) is 22.2. The number of amides is 1. The third-order valence-corrected chi connectivity index (χ3v) is 5.48. The van der Waals surface area contributed by atoms with Crippen molar-refractivity contribution >= 4 is 22.7 Å². The number of pyridine rings is 1. The van der Waals surface area contributed by atoms with Crippen LogP contribution >= 0.6 is 0 Å². The van der Waals surface area contributed by atoms with Gasteiger partial charge in [0.2, 0.25) is 5.76 Å². The predicted molar refractivity (Wildman–Crippen MR) is 122 cm³/mol. The standard InChI is InChI=1S/C26H20N2O4/c1-3-14-31-18-11-9-17(10-12-18)23-22-24(29)19-6-4-5-7-20(19)32-25(22)26(30)28(23)21-13-8-16(2)15-27-21/h3-13,15,23H,1,14H2,2H3. The van der Waals surface area contributed by atoms with Crippen molar-refractivity contribution in [2.75, 3.05) is 11.5 Å². The van der Waals surface area contributed by atoms with E-state index in [1.165, 1.54) is 4.90 Å². The van der Waals surface area contributed by atoms with Crippen molar-refractivity contribution in [1.82, 2.24) is 4.98 Å². The first-order chi connectivity index (χ1) is 15.6. The summed E-state index contributed by atoms with van der Waals surface area (Å²) in [6.45, 7) is 5.97.